The summed E-state index contributed by atoms with van der Waals surface area (Å²) in [6.45, 7) is 9.38. The van der Waals surface area contributed by atoms with Crippen LogP contribution in [-0.4, -0.2) is 61.9 Å². The van der Waals surface area contributed by atoms with Crippen molar-refractivity contribution in [3.05, 3.63) is 59.0 Å². The number of benzene rings is 2. The van der Waals surface area contributed by atoms with Gasteiger partial charge in [-0.2, -0.15) is 0 Å². The molecule has 0 spiro atoms. The molecule has 0 N–H and O–H groups in total. The molecule has 2 aromatic carbocycles. The zero-order valence-corrected chi connectivity index (χ0v) is 21.9. The Morgan fingerprint density at radius 2 is 1.74 bits per heavy atom. The van der Waals surface area contributed by atoms with Gasteiger partial charge in [0, 0.05) is 43.2 Å². The number of aryl methyl sites for hydroxylation is 3. The zero-order chi connectivity index (χ0) is 24.9. The number of nitrogens with zero attached hydrogens (tertiary/aromatic N) is 3. The quantitative estimate of drug-likeness (QED) is 0.442. The number of hydrogen-bond donors (Lipinski definition) is 0. The maximum atomic E-state index is 12.8. The Morgan fingerprint density at radius 3 is 2.46 bits per heavy atom. The van der Waals surface area contributed by atoms with Gasteiger partial charge >= 0.3 is 0 Å². The molecular weight excluding hydrogens is 462 g/mol. The van der Waals surface area contributed by atoms with E-state index in [4.69, 9.17) is 13.9 Å². The number of rotatable bonds is 8. The predicted octanol–water partition coefficient (Wildman–Crippen LogP) is 4.87. The molecule has 1 amide bonds. The Hall–Kier alpha value is -3.13. The molecule has 1 aliphatic heterocycles. The van der Waals surface area contributed by atoms with E-state index in [9.17, 15) is 4.79 Å². The fraction of sp³-hybridized carbons (Fsp3) is 0.407. The molecule has 186 valence electrons. The van der Waals surface area contributed by atoms with Crippen molar-refractivity contribution in [2.45, 2.75) is 26.5 Å². The van der Waals surface area contributed by atoms with Crippen LogP contribution >= 0.6 is 11.8 Å². The summed E-state index contributed by atoms with van der Waals surface area (Å²) in [6.07, 6.45) is 0. The zero-order valence-electron chi connectivity index (χ0n) is 21.1. The molecule has 1 fully saturated rings. The molecule has 0 saturated carbocycles. The third kappa shape index (κ3) is 5.75. The van der Waals surface area contributed by atoms with Gasteiger partial charge in [-0.05, 0) is 56.2 Å². The Labute approximate surface area is 211 Å². The summed E-state index contributed by atoms with van der Waals surface area (Å²) in [5.41, 5.74) is 5.49. The van der Waals surface area contributed by atoms with Gasteiger partial charge in [0.05, 0.1) is 25.7 Å². The number of thioether (sulfide) groups is 1. The SMILES string of the molecule is COc1ccc(-c2nc(CSCC(=O)N3CCN(c4cc(C)ccc4C)CC3)c(C)o2)cc1OC. The van der Waals surface area contributed by atoms with Gasteiger partial charge in [-0.3, -0.25) is 4.79 Å². The van der Waals surface area contributed by atoms with Crippen LogP contribution in [0, 0.1) is 20.8 Å². The second-order valence-electron chi connectivity index (χ2n) is 8.74. The van der Waals surface area contributed by atoms with Crippen molar-refractivity contribution in [3.8, 4) is 23.0 Å². The summed E-state index contributed by atoms with van der Waals surface area (Å²) in [5, 5.41) is 0. The van der Waals surface area contributed by atoms with Crippen LogP contribution in [0.3, 0.4) is 0 Å². The lowest BCUT2D eigenvalue weighted by Crippen LogP contribution is -2.49. The van der Waals surface area contributed by atoms with Gasteiger partial charge in [-0.1, -0.05) is 12.1 Å². The van der Waals surface area contributed by atoms with Crippen LogP contribution < -0.4 is 14.4 Å². The van der Waals surface area contributed by atoms with E-state index in [0.717, 1.165) is 43.2 Å². The number of hydrogen-bond acceptors (Lipinski definition) is 7. The minimum absolute atomic E-state index is 0.178. The maximum Gasteiger partial charge on any atom is 0.232 e. The smallest absolute Gasteiger partial charge is 0.232 e. The largest absolute Gasteiger partial charge is 0.493 e. The fourth-order valence-corrected chi connectivity index (χ4v) is 5.16. The van der Waals surface area contributed by atoms with E-state index in [1.54, 1.807) is 26.0 Å². The van der Waals surface area contributed by atoms with Crippen LogP contribution in [0.25, 0.3) is 11.5 Å². The highest BCUT2D eigenvalue weighted by Gasteiger charge is 2.22. The highest BCUT2D eigenvalue weighted by molar-refractivity contribution is 7.99. The lowest BCUT2D eigenvalue weighted by Gasteiger charge is -2.37. The van der Waals surface area contributed by atoms with Crippen molar-refractivity contribution in [1.82, 2.24) is 9.88 Å². The van der Waals surface area contributed by atoms with Crippen molar-refractivity contribution in [2.75, 3.05) is 51.1 Å². The summed E-state index contributed by atoms with van der Waals surface area (Å²) < 4.78 is 16.6. The standard InChI is InChI=1S/C27H33N3O4S/c1-18-6-7-19(2)23(14-18)29-10-12-30(13-11-29)26(31)17-35-16-22-20(3)34-27(28-22)21-8-9-24(32-4)25(15-21)33-5/h6-9,14-15H,10-13,16-17H2,1-5H3. The lowest BCUT2D eigenvalue weighted by molar-refractivity contribution is -0.128. The predicted molar refractivity (Wildman–Crippen MR) is 141 cm³/mol. The van der Waals surface area contributed by atoms with Gasteiger partial charge in [0.25, 0.3) is 0 Å². The van der Waals surface area contributed by atoms with E-state index in [1.807, 2.05) is 30.0 Å². The molecular formula is C27H33N3O4S. The van der Waals surface area contributed by atoms with Crippen LogP contribution in [0.5, 0.6) is 11.5 Å². The Balaban J connectivity index is 1.29. The molecule has 1 saturated heterocycles. The molecule has 0 unspecified atom stereocenters. The molecule has 4 rings (SSSR count). The number of amides is 1. The monoisotopic (exact) mass is 495 g/mol. The minimum Gasteiger partial charge on any atom is -0.493 e. The molecule has 0 aliphatic carbocycles. The van der Waals surface area contributed by atoms with E-state index >= 15 is 0 Å². The highest BCUT2D eigenvalue weighted by atomic mass is 32.2. The van der Waals surface area contributed by atoms with E-state index in [0.29, 0.717) is 28.9 Å². The van der Waals surface area contributed by atoms with Gasteiger partial charge < -0.3 is 23.7 Å². The Morgan fingerprint density at radius 1 is 1.00 bits per heavy atom. The number of piperazine rings is 1. The van der Waals surface area contributed by atoms with Crippen LogP contribution in [0.4, 0.5) is 5.69 Å². The van der Waals surface area contributed by atoms with Crippen molar-refractivity contribution < 1.29 is 18.7 Å². The first kappa shape index (κ1) is 25.0. The molecule has 35 heavy (non-hydrogen) atoms. The third-order valence-corrected chi connectivity index (χ3v) is 7.25. The lowest BCUT2D eigenvalue weighted by atomic mass is 10.1. The Bertz CT molecular complexity index is 1190. The molecule has 0 atom stereocenters. The maximum absolute atomic E-state index is 12.8. The normalized spacial score (nSPS) is 13.7. The van der Waals surface area contributed by atoms with Crippen molar-refractivity contribution >= 4 is 23.4 Å². The summed E-state index contributed by atoms with van der Waals surface area (Å²) in [7, 11) is 3.21. The van der Waals surface area contributed by atoms with E-state index in [1.165, 1.54) is 16.8 Å². The number of carbonyl (C=O) groups is 1. The van der Waals surface area contributed by atoms with Crippen LogP contribution in [-0.2, 0) is 10.5 Å². The molecule has 1 aromatic heterocycles. The highest BCUT2D eigenvalue weighted by Crippen LogP contribution is 2.33. The average molecular weight is 496 g/mol. The van der Waals surface area contributed by atoms with Crippen LogP contribution in [0.15, 0.2) is 40.8 Å². The Kier molecular flexibility index (Phi) is 7.90. The second-order valence-corrected chi connectivity index (χ2v) is 9.73. The van der Waals surface area contributed by atoms with Gasteiger partial charge in [0.1, 0.15) is 5.76 Å². The summed E-state index contributed by atoms with van der Waals surface area (Å²) in [4.78, 5) is 21.8. The number of methoxy groups -OCH3 is 2. The molecule has 7 nitrogen and oxygen atoms in total. The first-order valence-corrected chi connectivity index (χ1v) is 12.9. The average Bonchev–Trinajstić information content (AvgIpc) is 3.25. The number of aromatic nitrogens is 1. The summed E-state index contributed by atoms with van der Waals surface area (Å²) in [6, 6.07) is 12.1. The molecule has 3 aromatic rings. The first-order valence-electron chi connectivity index (χ1n) is 11.8. The van der Waals surface area contributed by atoms with Crippen LogP contribution in [0.2, 0.25) is 0 Å². The van der Waals surface area contributed by atoms with Gasteiger partial charge in [0.2, 0.25) is 11.8 Å². The number of anilines is 1. The fourth-order valence-electron chi connectivity index (χ4n) is 4.24. The third-order valence-electron chi connectivity index (χ3n) is 6.33. The topological polar surface area (TPSA) is 68.0 Å². The molecule has 2 heterocycles. The number of ether oxygens (including phenoxy) is 2. The molecule has 1 aliphatic rings. The minimum atomic E-state index is 0.178. The van der Waals surface area contributed by atoms with E-state index in [2.05, 4.69) is 41.9 Å². The number of carbonyl (C=O) groups excluding carboxylic acids is 1. The summed E-state index contributed by atoms with van der Waals surface area (Å²) in [5.74, 6) is 3.81. The number of oxazole rings is 1. The first-order chi connectivity index (χ1) is 16.9. The molecule has 0 bridgehead atoms. The second kappa shape index (κ2) is 11.1. The van der Waals surface area contributed by atoms with E-state index in [-0.39, 0.29) is 5.91 Å². The van der Waals surface area contributed by atoms with Crippen molar-refractivity contribution in [3.63, 3.8) is 0 Å². The van der Waals surface area contributed by atoms with Crippen molar-refractivity contribution in [1.29, 1.82) is 0 Å². The van der Waals surface area contributed by atoms with Gasteiger partial charge in [-0.25, -0.2) is 4.98 Å². The molecule has 0 radical (unpaired) electrons. The van der Waals surface area contributed by atoms with Gasteiger partial charge in [0.15, 0.2) is 11.5 Å². The van der Waals surface area contributed by atoms with Gasteiger partial charge in [-0.15, -0.1) is 11.8 Å². The summed E-state index contributed by atoms with van der Waals surface area (Å²) >= 11 is 1.57. The van der Waals surface area contributed by atoms with Crippen LogP contribution in [0.1, 0.15) is 22.6 Å². The van der Waals surface area contributed by atoms with Crippen molar-refractivity contribution in [2.24, 2.45) is 0 Å². The van der Waals surface area contributed by atoms with E-state index < -0.39 is 0 Å². The molecule has 8 heteroatoms.